The molecule has 0 aliphatic heterocycles. The Morgan fingerprint density at radius 1 is 1.05 bits per heavy atom. The van der Waals surface area contributed by atoms with Crippen LogP contribution < -0.4 is 5.32 Å². The van der Waals surface area contributed by atoms with Crippen LogP contribution in [0.25, 0.3) is 0 Å². The van der Waals surface area contributed by atoms with Crippen LogP contribution in [0.4, 0.5) is 0 Å². The molecule has 1 aromatic carbocycles. The molecule has 0 radical (unpaired) electrons. The number of hydrogen-bond donors (Lipinski definition) is 1. The summed E-state index contributed by atoms with van der Waals surface area (Å²) in [6, 6.07) is 9.97. The summed E-state index contributed by atoms with van der Waals surface area (Å²) in [5.41, 5.74) is 2.72. The van der Waals surface area contributed by atoms with E-state index >= 15 is 0 Å². The molecule has 1 N–H and O–H groups in total. The fourth-order valence-corrected chi connectivity index (χ4v) is 2.60. The highest BCUT2D eigenvalue weighted by Gasteiger charge is 2.15. The van der Waals surface area contributed by atoms with Gasteiger partial charge in [0.1, 0.15) is 0 Å². The number of nitrogens with zero attached hydrogens (tertiary/aromatic N) is 1. The maximum atomic E-state index is 3.46. The van der Waals surface area contributed by atoms with Gasteiger partial charge in [-0.15, -0.1) is 0 Å². The van der Waals surface area contributed by atoms with E-state index in [0.717, 1.165) is 18.9 Å². The molecule has 2 nitrogen and oxygen atoms in total. The monoisotopic (exact) mass is 276 g/mol. The lowest BCUT2D eigenvalue weighted by molar-refractivity contribution is 0.188. The minimum Gasteiger partial charge on any atom is -0.313 e. The van der Waals surface area contributed by atoms with E-state index in [9.17, 15) is 0 Å². The molecule has 0 aliphatic carbocycles. The molecular formula is C18H32N2. The van der Waals surface area contributed by atoms with Crippen LogP contribution in [0.3, 0.4) is 0 Å². The van der Waals surface area contributed by atoms with Crippen molar-refractivity contribution in [3.05, 3.63) is 35.4 Å². The van der Waals surface area contributed by atoms with Gasteiger partial charge in [0.2, 0.25) is 0 Å². The van der Waals surface area contributed by atoms with Crippen LogP contribution in [-0.2, 0) is 0 Å². The molecule has 0 fully saturated rings. The Bertz CT molecular complexity index is 368. The molecular weight excluding hydrogens is 244 g/mol. The lowest BCUT2D eigenvalue weighted by Gasteiger charge is -2.30. The molecule has 0 heterocycles. The van der Waals surface area contributed by atoms with Gasteiger partial charge in [-0.1, -0.05) is 43.7 Å². The second-order valence-corrected chi connectivity index (χ2v) is 6.52. The molecule has 0 saturated carbocycles. The first kappa shape index (κ1) is 17.2. The van der Waals surface area contributed by atoms with Crippen molar-refractivity contribution < 1.29 is 0 Å². The van der Waals surface area contributed by atoms with Crippen molar-refractivity contribution in [1.82, 2.24) is 10.2 Å². The predicted octanol–water partition coefficient (Wildman–Crippen LogP) is 4.01. The number of rotatable bonds is 8. The minimum absolute atomic E-state index is 0.448. The number of nitrogens with one attached hydrogen (secondary N) is 1. The van der Waals surface area contributed by atoms with Gasteiger partial charge >= 0.3 is 0 Å². The van der Waals surface area contributed by atoms with Crippen LogP contribution in [0.15, 0.2) is 24.3 Å². The zero-order valence-corrected chi connectivity index (χ0v) is 14.1. The number of benzene rings is 1. The molecule has 1 rings (SSSR count). The van der Waals surface area contributed by atoms with Gasteiger partial charge in [0.25, 0.3) is 0 Å². The van der Waals surface area contributed by atoms with Crippen molar-refractivity contribution >= 4 is 0 Å². The van der Waals surface area contributed by atoms with Crippen LogP contribution in [0.2, 0.25) is 0 Å². The number of aryl methyl sites for hydroxylation is 1. The summed E-state index contributed by atoms with van der Waals surface area (Å²) in [5.74, 6) is 0.727. The summed E-state index contributed by atoms with van der Waals surface area (Å²) in [4.78, 5) is 2.59. The van der Waals surface area contributed by atoms with E-state index in [1.165, 1.54) is 17.7 Å². The minimum atomic E-state index is 0.448. The van der Waals surface area contributed by atoms with E-state index in [4.69, 9.17) is 0 Å². The smallest absolute Gasteiger partial charge is 0.0329 e. The van der Waals surface area contributed by atoms with Gasteiger partial charge in [0, 0.05) is 25.2 Å². The number of hydrogen-bond acceptors (Lipinski definition) is 2. The Morgan fingerprint density at radius 2 is 1.65 bits per heavy atom. The molecule has 1 unspecified atom stereocenters. The molecule has 114 valence electrons. The Morgan fingerprint density at radius 3 is 2.10 bits per heavy atom. The molecule has 1 atom stereocenters. The molecule has 0 saturated heterocycles. The normalized spacial score (nSPS) is 13.4. The Hall–Kier alpha value is -0.860. The van der Waals surface area contributed by atoms with Gasteiger partial charge in [-0.3, -0.25) is 0 Å². The van der Waals surface area contributed by atoms with Crippen molar-refractivity contribution in [3.8, 4) is 0 Å². The summed E-state index contributed by atoms with van der Waals surface area (Å²) >= 11 is 0. The summed E-state index contributed by atoms with van der Waals surface area (Å²) in [5, 5.41) is 3.46. The third-order valence-corrected chi connectivity index (χ3v) is 3.86. The quantitative estimate of drug-likeness (QED) is 0.771. The second kappa shape index (κ2) is 8.43. The average Bonchev–Trinajstić information content (AvgIpc) is 2.39. The second-order valence-electron chi connectivity index (χ2n) is 6.52. The van der Waals surface area contributed by atoms with Gasteiger partial charge in [-0.25, -0.2) is 0 Å². The SMILES string of the molecule is CNC(CCN(CC(C)C)C(C)C)c1ccc(C)cc1. The van der Waals surface area contributed by atoms with Gasteiger partial charge < -0.3 is 10.2 Å². The highest BCUT2D eigenvalue weighted by atomic mass is 15.1. The molecule has 0 bridgehead atoms. The van der Waals surface area contributed by atoms with E-state index in [-0.39, 0.29) is 0 Å². The van der Waals surface area contributed by atoms with Crippen molar-refractivity contribution in [3.63, 3.8) is 0 Å². The maximum Gasteiger partial charge on any atom is 0.0329 e. The van der Waals surface area contributed by atoms with Gasteiger partial charge in [-0.2, -0.15) is 0 Å². The van der Waals surface area contributed by atoms with Crippen molar-refractivity contribution in [2.75, 3.05) is 20.1 Å². The fraction of sp³-hybridized carbons (Fsp3) is 0.667. The summed E-state index contributed by atoms with van der Waals surface area (Å²) in [6.07, 6.45) is 1.16. The zero-order chi connectivity index (χ0) is 15.1. The van der Waals surface area contributed by atoms with E-state index in [1.54, 1.807) is 0 Å². The lowest BCUT2D eigenvalue weighted by atomic mass is 10.0. The molecule has 2 heteroatoms. The van der Waals surface area contributed by atoms with E-state index in [1.807, 2.05) is 0 Å². The van der Waals surface area contributed by atoms with E-state index in [2.05, 4.69) is 76.1 Å². The first-order valence-electron chi connectivity index (χ1n) is 7.92. The van der Waals surface area contributed by atoms with Gasteiger partial charge in [0.15, 0.2) is 0 Å². The summed E-state index contributed by atoms with van der Waals surface area (Å²) < 4.78 is 0. The standard InChI is InChI=1S/C18H32N2/c1-14(2)13-20(15(3)4)12-11-18(19-6)17-9-7-16(5)8-10-17/h7-10,14-15,18-19H,11-13H2,1-6H3. The topological polar surface area (TPSA) is 15.3 Å². The molecule has 0 amide bonds. The third-order valence-electron chi connectivity index (χ3n) is 3.86. The van der Waals surface area contributed by atoms with Crippen molar-refractivity contribution in [2.24, 2.45) is 5.92 Å². The molecule has 0 aliphatic rings. The Kier molecular flexibility index (Phi) is 7.25. The van der Waals surface area contributed by atoms with Crippen molar-refractivity contribution in [1.29, 1.82) is 0 Å². The largest absolute Gasteiger partial charge is 0.313 e. The molecule has 20 heavy (non-hydrogen) atoms. The summed E-state index contributed by atoms with van der Waals surface area (Å²) in [7, 11) is 2.06. The van der Waals surface area contributed by atoms with Crippen LogP contribution in [0, 0.1) is 12.8 Å². The Labute approximate surface area is 125 Å². The van der Waals surface area contributed by atoms with Crippen LogP contribution >= 0.6 is 0 Å². The van der Waals surface area contributed by atoms with Crippen LogP contribution in [0.1, 0.15) is 51.3 Å². The van der Waals surface area contributed by atoms with Crippen LogP contribution in [0.5, 0.6) is 0 Å². The Balaban J connectivity index is 2.61. The highest BCUT2D eigenvalue weighted by molar-refractivity contribution is 5.24. The van der Waals surface area contributed by atoms with Gasteiger partial charge in [-0.05, 0) is 45.7 Å². The fourth-order valence-electron chi connectivity index (χ4n) is 2.60. The van der Waals surface area contributed by atoms with E-state index in [0.29, 0.717) is 12.1 Å². The predicted molar refractivity (Wildman–Crippen MR) is 89.1 cm³/mol. The zero-order valence-electron chi connectivity index (χ0n) is 14.1. The summed E-state index contributed by atoms with van der Waals surface area (Å²) in [6.45, 7) is 13.7. The highest BCUT2D eigenvalue weighted by Crippen LogP contribution is 2.18. The van der Waals surface area contributed by atoms with Gasteiger partial charge in [0.05, 0.1) is 0 Å². The molecule has 0 aromatic heterocycles. The van der Waals surface area contributed by atoms with Crippen LogP contribution in [-0.4, -0.2) is 31.1 Å². The maximum absolute atomic E-state index is 3.46. The van der Waals surface area contributed by atoms with Crippen molar-refractivity contribution in [2.45, 2.75) is 53.1 Å². The van der Waals surface area contributed by atoms with E-state index < -0.39 is 0 Å². The lowest BCUT2D eigenvalue weighted by Crippen LogP contribution is -2.36. The first-order chi connectivity index (χ1) is 9.43. The molecule has 0 spiro atoms. The molecule has 1 aromatic rings. The third kappa shape index (κ3) is 5.64. The first-order valence-corrected chi connectivity index (χ1v) is 7.92. The average molecular weight is 276 g/mol.